The third-order valence-corrected chi connectivity index (χ3v) is 2.76. The predicted octanol–water partition coefficient (Wildman–Crippen LogP) is 1.24. The predicted molar refractivity (Wildman–Crippen MR) is 66.9 cm³/mol. The van der Waals surface area contributed by atoms with Gasteiger partial charge in [-0.25, -0.2) is 14.0 Å². The lowest BCUT2D eigenvalue weighted by Crippen LogP contribution is -2.21. The zero-order chi connectivity index (χ0) is 13.3. The Morgan fingerprint density at radius 2 is 2.00 bits per heavy atom. The van der Waals surface area contributed by atoms with Gasteiger partial charge in [0.2, 0.25) is 5.28 Å². The molecule has 7 heteroatoms. The molecule has 0 bridgehead atoms. The minimum absolute atomic E-state index is 0.0750. The summed E-state index contributed by atoms with van der Waals surface area (Å²) in [5, 5.41) is 3.93. The molecule has 1 heterocycles. The van der Waals surface area contributed by atoms with E-state index in [1.54, 1.807) is 25.3 Å². The second-order valence-electron chi connectivity index (χ2n) is 3.55. The topological polar surface area (TPSA) is 58.3 Å². The fourth-order valence-corrected chi connectivity index (χ4v) is 1.88. The van der Waals surface area contributed by atoms with Gasteiger partial charge in [-0.15, -0.1) is 5.10 Å². The van der Waals surface area contributed by atoms with Crippen LogP contribution in [0, 0.1) is 0 Å². The van der Waals surface area contributed by atoms with E-state index in [-0.39, 0.29) is 11.0 Å². The van der Waals surface area contributed by atoms with Gasteiger partial charge in [-0.2, -0.15) is 0 Å². The molecule has 0 saturated carbocycles. The first kappa shape index (κ1) is 12.5. The third-order valence-electron chi connectivity index (χ3n) is 2.51. The van der Waals surface area contributed by atoms with Gasteiger partial charge in [0.05, 0.1) is 19.9 Å². The Morgan fingerprint density at radius 3 is 2.50 bits per heavy atom. The van der Waals surface area contributed by atoms with Crippen molar-refractivity contribution >= 4 is 11.6 Å². The van der Waals surface area contributed by atoms with Crippen molar-refractivity contribution in [1.82, 2.24) is 14.3 Å². The van der Waals surface area contributed by atoms with Crippen LogP contribution in [0.3, 0.4) is 0 Å². The zero-order valence-electron chi connectivity index (χ0n) is 10.2. The number of methoxy groups -OCH3 is 2. The summed E-state index contributed by atoms with van der Waals surface area (Å²) in [7, 11) is 4.59. The van der Waals surface area contributed by atoms with Crippen LogP contribution in [0.1, 0.15) is 0 Å². The molecule has 18 heavy (non-hydrogen) atoms. The Kier molecular flexibility index (Phi) is 3.29. The highest BCUT2D eigenvalue weighted by Gasteiger charge is 2.15. The molecular weight excluding hydrogens is 258 g/mol. The lowest BCUT2D eigenvalue weighted by molar-refractivity contribution is 0.393. The molecule has 0 amide bonds. The lowest BCUT2D eigenvalue weighted by atomic mass is 10.2. The third kappa shape index (κ3) is 1.95. The largest absolute Gasteiger partial charge is 0.497 e. The van der Waals surface area contributed by atoms with Crippen molar-refractivity contribution in [3.63, 3.8) is 0 Å². The average Bonchev–Trinajstić information content (AvgIpc) is 2.62. The molecule has 1 aromatic heterocycles. The zero-order valence-corrected chi connectivity index (χ0v) is 10.9. The normalized spacial score (nSPS) is 10.4. The van der Waals surface area contributed by atoms with Crippen LogP contribution in [0.15, 0.2) is 23.0 Å². The number of ether oxygens (including phenoxy) is 2. The van der Waals surface area contributed by atoms with E-state index in [1.165, 1.54) is 18.7 Å². The van der Waals surface area contributed by atoms with Crippen LogP contribution in [-0.4, -0.2) is 28.6 Å². The summed E-state index contributed by atoms with van der Waals surface area (Å²) in [5.41, 5.74) is 0.171. The molecule has 1 aromatic carbocycles. The first-order chi connectivity index (χ1) is 8.58. The summed E-state index contributed by atoms with van der Waals surface area (Å²) in [4.78, 5) is 11.9. The smallest absolute Gasteiger partial charge is 0.351 e. The van der Waals surface area contributed by atoms with Crippen LogP contribution >= 0.6 is 11.6 Å². The molecule has 0 aliphatic carbocycles. The second kappa shape index (κ2) is 4.73. The maximum atomic E-state index is 11.9. The number of benzene rings is 1. The quantitative estimate of drug-likeness (QED) is 0.841. The molecule has 0 aliphatic heterocycles. The molecule has 6 nitrogen and oxygen atoms in total. The minimum atomic E-state index is -0.344. The van der Waals surface area contributed by atoms with Crippen LogP contribution in [0.2, 0.25) is 5.28 Å². The van der Waals surface area contributed by atoms with Crippen molar-refractivity contribution in [1.29, 1.82) is 0 Å². The summed E-state index contributed by atoms with van der Waals surface area (Å²) < 4.78 is 12.7. The second-order valence-corrected chi connectivity index (χ2v) is 3.89. The van der Waals surface area contributed by atoms with Crippen LogP contribution in [0.25, 0.3) is 5.69 Å². The number of halogens is 1. The summed E-state index contributed by atoms with van der Waals surface area (Å²) in [6.45, 7) is 0. The van der Waals surface area contributed by atoms with Crippen molar-refractivity contribution in [3.8, 4) is 17.2 Å². The fraction of sp³-hybridized carbons (Fsp3) is 0.273. The Labute approximate surface area is 108 Å². The standard InChI is InChI=1S/C11H12ClN3O3/c1-14-11(16)15(10(12)13-14)8-5-4-7(17-2)6-9(8)18-3/h4-6H,1-3H3. The van der Waals surface area contributed by atoms with E-state index >= 15 is 0 Å². The van der Waals surface area contributed by atoms with Gasteiger partial charge >= 0.3 is 5.69 Å². The molecule has 0 unspecified atom stereocenters. The highest BCUT2D eigenvalue weighted by Crippen LogP contribution is 2.28. The van der Waals surface area contributed by atoms with Gasteiger partial charge < -0.3 is 9.47 Å². The molecule has 0 fully saturated rings. The van der Waals surface area contributed by atoms with Crippen molar-refractivity contribution in [2.45, 2.75) is 0 Å². The van der Waals surface area contributed by atoms with E-state index in [9.17, 15) is 4.79 Å². The minimum Gasteiger partial charge on any atom is -0.497 e. The summed E-state index contributed by atoms with van der Waals surface area (Å²) >= 11 is 5.93. The number of nitrogens with zero attached hydrogens (tertiary/aromatic N) is 3. The Morgan fingerprint density at radius 1 is 1.28 bits per heavy atom. The van der Waals surface area contributed by atoms with Gasteiger partial charge in [-0.1, -0.05) is 0 Å². The Hall–Kier alpha value is -1.95. The Balaban J connectivity index is 2.67. The molecule has 0 saturated heterocycles. The van der Waals surface area contributed by atoms with Crippen molar-refractivity contribution in [2.75, 3.05) is 14.2 Å². The van der Waals surface area contributed by atoms with Crippen molar-refractivity contribution in [3.05, 3.63) is 34.0 Å². The molecule has 0 N–H and O–H groups in total. The van der Waals surface area contributed by atoms with Crippen molar-refractivity contribution in [2.24, 2.45) is 7.05 Å². The first-order valence-electron chi connectivity index (χ1n) is 5.12. The number of hydrogen-bond donors (Lipinski definition) is 0. The molecule has 96 valence electrons. The summed E-state index contributed by atoms with van der Waals surface area (Å²) in [5.74, 6) is 1.11. The van der Waals surface area contributed by atoms with Crippen molar-refractivity contribution < 1.29 is 9.47 Å². The van der Waals surface area contributed by atoms with E-state index in [0.29, 0.717) is 17.2 Å². The van der Waals surface area contributed by atoms with Gasteiger partial charge in [0, 0.05) is 13.1 Å². The number of aryl methyl sites for hydroxylation is 1. The van der Waals surface area contributed by atoms with Gasteiger partial charge in [0.15, 0.2) is 0 Å². The van der Waals surface area contributed by atoms with E-state index < -0.39 is 0 Å². The van der Waals surface area contributed by atoms with Crippen LogP contribution in [-0.2, 0) is 7.05 Å². The van der Waals surface area contributed by atoms with Gasteiger partial charge in [0.25, 0.3) is 0 Å². The summed E-state index contributed by atoms with van der Waals surface area (Å²) in [6.07, 6.45) is 0. The van der Waals surface area contributed by atoms with Crippen LogP contribution in [0.4, 0.5) is 0 Å². The summed E-state index contributed by atoms with van der Waals surface area (Å²) in [6, 6.07) is 5.07. The number of hydrogen-bond acceptors (Lipinski definition) is 4. The maximum Gasteiger partial charge on any atom is 0.351 e. The maximum absolute atomic E-state index is 11.9. The highest BCUT2D eigenvalue weighted by molar-refractivity contribution is 6.28. The van der Waals surface area contributed by atoms with E-state index in [2.05, 4.69) is 5.10 Å². The van der Waals surface area contributed by atoms with E-state index in [1.807, 2.05) is 0 Å². The number of rotatable bonds is 3. The first-order valence-corrected chi connectivity index (χ1v) is 5.50. The monoisotopic (exact) mass is 269 g/mol. The molecule has 0 spiro atoms. The van der Waals surface area contributed by atoms with Crippen LogP contribution in [0.5, 0.6) is 11.5 Å². The molecule has 0 aliphatic rings. The highest BCUT2D eigenvalue weighted by atomic mass is 35.5. The van der Waals surface area contributed by atoms with Gasteiger partial charge in [-0.3, -0.25) is 0 Å². The number of aromatic nitrogens is 3. The van der Waals surface area contributed by atoms with Gasteiger partial charge in [0.1, 0.15) is 11.5 Å². The molecule has 2 aromatic rings. The molecule has 0 radical (unpaired) electrons. The molecule has 2 rings (SSSR count). The Bertz CT molecular complexity index is 633. The van der Waals surface area contributed by atoms with E-state index in [4.69, 9.17) is 21.1 Å². The van der Waals surface area contributed by atoms with Crippen LogP contribution < -0.4 is 15.2 Å². The molecule has 0 atom stereocenters. The van der Waals surface area contributed by atoms with Gasteiger partial charge in [-0.05, 0) is 23.7 Å². The average molecular weight is 270 g/mol. The molecular formula is C11H12ClN3O3. The lowest BCUT2D eigenvalue weighted by Gasteiger charge is -2.10. The van der Waals surface area contributed by atoms with E-state index in [0.717, 1.165) is 4.68 Å². The fourth-order valence-electron chi connectivity index (χ4n) is 1.61. The SMILES string of the molecule is COc1ccc(-n2c(Cl)nn(C)c2=O)c(OC)c1.